The largest absolute Gasteiger partial charge is 0.481 e. The predicted molar refractivity (Wildman–Crippen MR) is 77.3 cm³/mol. The Hall–Kier alpha value is -1.95. The van der Waals surface area contributed by atoms with Crippen LogP contribution in [0.4, 0.5) is 17.2 Å². The first-order valence-electron chi connectivity index (χ1n) is 6.36. The van der Waals surface area contributed by atoms with Crippen LogP contribution in [0.1, 0.15) is 6.42 Å². The zero-order valence-electron chi connectivity index (χ0n) is 10.6. The number of pyridine rings is 1. The Morgan fingerprint density at radius 1 is 1.40 bits per heavy atom. The Kier molecular flexibility index (Phi) is 2.97. The summed E-state index contributed by atoms with van der Waals surface area (Å²) in [5.74, 6) is -0.867. The van der Waals surface area contributed by atoms with Crippen LogP contribution >= 0.6 is 11.6 Å². The van der Waals surface area contributed by atoms with Crippen LogP contribution in [0, 0.1) is 17.8 Å². The van der Waals surface area contributed by atoms with Gasteiger partial charge in [0.2, 0.25) is 0 Å². The summed E-state index contributed by atoms with van der Waals surface area (Å²) in [6.45, 7) is 0. The van der Waals surface area contributed by atoms with Gasteiger partial charge in [-0.25, -0.2) is 4.98 Å². The molecule has 7 heteroatoms. The first kappa shape index (κ1) is 13.1. The van der Waals surface area contributed by atoms with Gasteiger partial charge < -0.3 is 21.9 Å². The lowest BCUT2D eigenvalue weighted by atomic mass is 9.89. The molecule has 0 aromatic carbocycles. The fraction of sp³-hybridized carbons (Fsp3) is 0.385. The second-order valence-electron chi connectivity index (χ2n) is 5.26. The van der Waals surface area contributed by atoms with Crippen molar-refractivity contribution >= 4 is 34.8 Å². The van der Waals surface area contributed by atoms with Crippen molar-refractivity contribution < 1.29 is 9.90 Å². The van der Waals surface area contributed by atoms with E-state index in [0.29, 0.717) is 10.7 Å². The minimum Gasteiger partial charge on any atom is -0.481 e. The van der Waals surface area contributed by atoms with Gasteiger partial charge in [0, 0.05) is 6.04 Å². The van der Waals surface area contributed by atoms with Gasteiger partial charge in [-0.3, -0.25) is 4.79 Å². The number of hydrogen-bond donors (Lipinski definition) is 4. The van der Waals surface area contributed by atoms with Gasteiger partial charge in [0.05, 0.1) is 28.5 Å². The Balaban J connectivity index is 1.93. The molecule has 1 aromatic rings. The van der Waals surface area contributed by atoms with Crippen LogP contribution in [0.3, 0.4) is 0 Å². The molecule has 6 nitrogen and oxygen atoms in total. The van der Waals surface area contributed by atoms with Gasteiger partial charge in [0.15, 0.2) is 0 Å². The number of fused-ring (bicyclic) bond motifs is 2. The molecule has 0 unspecified atom stereocenters. The summed E-state index contributed by atoms with van der Waals surface area (Å²) in [5.41, 5.74) is 12.3. The van der Waals surface area contributed by atoms with E-state index in [0.717, 1.165) is 6.42 Å². The number of carboxylic acids is 1. The van der Waals surface area contributed by atoms with Gasteiger partial charge in [0.1, 0.15) is 5.82 Å². The van der Waals surface area contributed by atoms with Gasteiger partial charge in [0.25, 0.3) is 0 Å². The lowest BCUT2D eigenvalue weighted by molar-refractivity contribution is -0.142. The topological polar surface area (TPSA) is 114 Å². The third-order valence-corrected chi connectivity index (χ3v) is 4.44. The lowest BCUT2D eigenvalue weighted by Crippen LogP contribution is -2.38. The Labute approximate surface area is 120 Å². The van der Waals surface area contributed by atoms with Crippen molar-refractivity contribution in [1.82, 2.24) is 4.98 Å². The summed E-state index contributed by atoms with van der Waals surface area (Å²) in [5, 5.41) is 12.9. The normalized spacial score (nSPS) is 30.6. The highest BCUT2D eigenvalue weighted by molar-refractivity contribution is 6.34. The number of anilines is 3. The Morgan fingerprint density at radius 3 is 2.80 bits per heavy atom. The maximum absolute atomic E-state index is 11.5. The fourth-order valence-corrected chi connectivity index (χ4v) is 3.39. The van der Waals surface area contributed by atoms with Crippen LogP contribution in [0.15, 0.2) is 18.3 Å². The quantitative estimate of drug-likeness (QED) is 0.629. The number of carbonyl (C=O) groups is 1. The van der Waals surface area contributed by atoms with Crippen molar-refractivity contribution in [1.29, 1.82) is 0 Å². The molecule has 0 radical (unpaired) electrons. The molecule has 0 spiro atoms. The molecule has 3 rings (SSSR count). The van der Waals surface area contributed by atoms with E-state index in [1.54, 1.807) is 0 Å². The van der Waals surface area contributed by atoms with Crippen molar-refractivity contribution in [2.75, 3.05) is 16.8 Å². The fourth-order valence-electron chi connectivity index (χ4n) is 3.19. The van der Waals surface area contributed by atoms with Gasteiger partial charge in [-0.15, -0.1) is 0 Å². The third-order valence-electron chi connectivity index (χ3n) is 4.16. The second kappa shape index (κ2) is 4.56. The monoisotopic (exact) mass is 294 g/mol. The van der Waals surface area contributed by atoms with E-state index >= 15 is 0 Å². The Bertz CT molecular complexity index is 604. The van der Waals surface area contributed by atoms with Crippen LogP contribution in [0.2, 0.25) is 5.02 Å². The van der Waals surface area contributed by atoms with Crippen molar-refractivity contribution in [2.45, 2.75) is 12.5 Å². The molecule has 20 heavy (non-hydrogen) atoms. The summed E-state index contributed by atoms with van der Waals surface area (Å²) < 4.78 is 0. The number of aromatic nitrogens is 1. The average Bonchev–Trinajstić information content (AvgIpc) is 2.99. The predicted octanol–water partition coefficient (Wildman–Crippen LogP) is 1.59. The van der Waals surface area contributed by atoms with Crippen LogP contribution in [0.5, 0.6) is 0 Å². The number of allylic oxidation sites excluding steroid dienone is 1. The van der Waals surface area contributed by atoms with E-state index in [-0.39, 0.29) is 29.4 Å². The number of carboxylic acid groups (broad SMARTS) is 1. The van der Waals surface area contributed by atoms with Crippen molar-refractivity contribution in [3.63, 3.8) is 0 Å². The highest BCUT2D eigenvalue weighted by Crippen LogP contribution is 2.46. The highest BCUT2D eigenvalue weighted by atomic mass is 35.5. The number of hydrogen-bond acceptors (Lipinski definition) is 5. The molecular formula is C13H15ClN4O2. The molecule has 4 atom stereocenters. The average molecular weight is 295 g/mol. The first-order chi connectivity index (χ1) is 9.49. The number of aliphatic carboxylic acids is 1. The summed E-state index contributed by atoms with van der Waals surface area (Å²) in [6, 6.07) is -0.232. The van der Waals surface area contributed by atoms with Crippen LogP contribution < -0.4 is 16.8 Å². The molecule has 2 aliphatic carbocycles. The van der Waals surface area contributed by atoms with E-state index in [9.17, 15) is 9.90 Å². The minimum atomic E-state index is -0.809. The molecule has 106 valence electrons. The van der Waals surface area contributed by atoms with Gasteiger partial charge in [-0.05, 0) is 18.3 Å². The van der Waals surface area contributed by atoms with Crippen molar-refractivity contribution in [3.8, 4) is 0 Å². The number of nitrogens with two attached hydrogens (primary N) is 2. The smallest absolute Gasteiger partial charge is 0.309 e. The zero-order chi connectivity index (χ0) is 14.4. The molecule has 0 aliphatic heterocycles. The summed E-state index contributed by atoms with van der Waals surface area (Å²) in [6.07, 6.45) is 6.28. The molecule has 1 saturated carbocycles. The van der Waals surface area contributed by atoms with E-state index in [1.807, 2.05) is 6.08 Å². The molecule has 0 amide bonds. The molecular weight excluding hydrogens is 280 g/mol. The zero-order valence-corrected chi connectivity index (χ0v) is 11.3. The minimum absolute atomic E-state index is 0.0641. The third kappa shape index (κ3) is 1.87. The van der Waals surface area contributed by atoms with E-state index < -0.39 is 11.9 Å². The summed E-state index contributed by atoms with van der Waals surface area (Å²) in [4.78, 5) is 15.3. The van der Waals surface area contributed by atoms with E-state index in [2.05, 4.69) is 16.4 Å². The molecule has 2 aliphatic rings. The second-order valence-corrected chi connectivity index (χ2v) is 5.67. The number of halogens is 1. The summed E-state index contributed by atoms with van der Waals surface area (Å²) in [7, 11) is 0. The molecule has 6 N–H and O–H groups in total. The number of nitrogens with zero attached hydrogens (tertiary/aromatic N) is 1. The van der Waals surface area contributed by atoms with Crippen molar-refractivity contribution in [3.05, 3.63) is 23.4 Å². The molecule has 2 bridgehead atoms. The first-order valence-corrected chi connectivity index (χ1v) is 6.74. The SMILES string of the molecule is Nc1ncc(Cl)c(N[C@H]2[C@@H](C(=O)O)[C@@H]3C=C[C@H]2C3)c1N. The van der Waals surface area contributed by atoms with Crippen LogP contribution in [-0.2, 0) is 4.79 Å². The van der Waals surface area contributed by atoms with Crippen molar-refractivity contribution in [2.24, 2.45) is 17.8 Å². The molecule has 0 saturated heterocycles. The summed E-state index contributed by atoms with van der Waals surface area (Å²) >= 11 is 6.08. The van der Waals surface area contributed by atoms with Gasteiger partial charge in [-0.1, -0.05) is 23.8 Å². The lowest BCUT2D eigenvalue weighted by Gasteiger charge is -2.27. The van der Waals surface area contributed by atoms with E-state index in [4.69, 9.17) is 23.1 Å². The maximum Gasteiger partial charge on any atom is 0.309 e. The highest BCUT2D eigenvalue weighted by Gasteiger charge is 2.48. The molecule has 1 heterocycles. The van der Waals surface area contributed by atoms with Crippen LogP contribution in [-0.4, -0.2) is 22.1 Å². The van der Waals surface area contributed by atoms with Gasteiger partial charge in [-0.2, -0.15) is 0 Å². The standard InChI is InChI=1S/C13H15ClN4O2/c14-7-4-17-12(16)9(15)11(7)18-10-6-2-1-5(3-6)8(10)13(19)20/h1-2,4-6,8,10H,3,15H2,(H,19,20)(H3,16,17,18)/t5-,6+,8+,10-/m1/s1. The molecule has 1 aromatic heterocycles. The molecule has 1 fully saturated rings. The Morgan fingerprint density at radius 2 is 2.10 bits per heavy atom. The number of nitrogens with one attached hydrogen (secondary N) is 1. The number of rotatable bonds is 3. The van der Waals surface area contributed by atoms with Crippen LogP contribution in [0.25, 0.3) is 0 Å². The van der Waals surface area contributed by atoms with Gasteiger partial charge >= 0.3 is 5.97 Å². The number of nitrogen functional groups attached to an aromatic ring is 2. The van der Waals surface area contributed by atoms with E-state index in [1.165, 1.54) is 6.20 Å². The maximum atomic E-state index is 11.5.